The molecule has 5 aromatic carbocycles. The second-order valence-corrected chi connectivity index (χ2v) is 23.1. The SMILES string of the molecule is CCN1C(=CC=CC=CC2=[N+](CCCCCCCC(=O)NCC(=O)C(C)c3ccc(CC(C)C)cc3)c3ccc4ccc(S(=O)(=O)O)cc4c3C2(C)C)C(C)(C)c2c1ccc1c(S(=O)(=O)O)cccc21. The van der Waals surface area contributed by atoms with Gasteiger partial charge in [0.15, 0.2) is 11.5 Å². The number of anilines is 1. The number of rotatable bonds is 20. The molecule has 7 rings (SSSR count). The number of nitrogens with zero attached hydrogens (tertiary/aromatic N) is 2. The van der Waals surface area contributed by atoms with Crippen molar-refractivity contribution in [2.75, 3.05) is 24.5 Å². The van der Waals surface area contributed by atoms with Gasteiger partial charge < -0.3 is 10.2 Å². The Morgan fingerprint density at radius 2 is 1.44 bits per heavy atom. The maximum absolute atomic E-state index is 12.9. The first-order valence-corrected chi connectivity index (χ1v) is 27.4. The minimum absolute atomic E-state index is 0.0116. The van der Waals surface area contributed by atoms with Gasteiger partial charge in [-0.15, -0.1) is 0 Å². The molecule has 3 N–H and O–H groups in total. The lowest BCUT2D eigenvalue weighted by molar-refractivity contribution is -0.438. The minimum Gasteiger partial charge on any atom is -0.349 e. The number of amides is 1. The molecule has 370 valence electrons. The average molecular weight is 987 g/mol. The molecule has 0 bridgehead atoms. The van der Waals surface area contributed by atoms with E-state index in [-0.39, 0.29) is 33.9 Å². The molecule has 2 heterocycles. The summed E-state index contributed by atoms with van der Waals surface area (Å²) in [6.07, 6.45) is 15.9. The number of likely N-dealkylation sites (N-methyl/N-ethyl adjacent to an activating group) is 1. The van der Waals surface area contributed by atoms with Gasteiger partial charge in [0.05, 0.1) is 16.9 Å². The van der Waals surface area contributed by atoms with Gasteiger partial charge in [0.2, 0.25) is 11.6 Å². The van der Waals surface area contributed by atoms with Crippen molar-refractivity contribution in [3.63, 3.8) is 0 Å². The van der Waals surface area contributed by atoms with Gasteiger partial charge in [0, 0.05) is 65.2 Å². The van der Waals surface area contributed by atoms with Crippen molar-refractivity contribution in [1.82, 2.24) is 5.32 Å². The van der Waals surface area contributed by atoms with E-state index < -0.39 is 31.1 Å². The van der Waals surface area contributed by atoms with Crippen LogP contribution < -0.4 is 10.2 Å². The number of carbonyl (C=O) groups is 2. The van der Waals surface area contributed by atoms with E-state index in [0.29, 0.717) is 30.8 Å². The molecule has 0 aliphatic carbocycles. The Hall–Kier alpha value is -5.73. The summed E-state index contributed by atoms with van der Waals surface area (Å²) in [7, 11) is -8.86. The van der Waals surface area contributed by atoms with Crippen LogP contribution in [0.15, 0.2) is 131 Å². The van der Waals surface area contributed by atoms with Gasteiger partial charge in [0.25, 0.3) is 20.2 Å². The van der Waals surface area contributed by atoms with Gasteiger partial charge in [-0.2, -0.15) is 21.4 Å². The second kappa shape index (κ2) is 20.9. The van der Waals surface area contributed by atoms with E-state index >= 15 is 0 Å². The summed E-state index contributed by atoms with van der Waals surface area (Å²) in [5.74, 6) is 0.137. The molecule has 5 aromatic rings. The highest BCUT2D eigenvalue weighted by molar-refractivity contribution is 7.86. The Balaban J connectivity index is 1.04. The molecule has 1 unspecified atom stereocenters. The van der Waals surface area contributed by atoms with Crippen molar-refractivity contribution >= 4 is 70.6 Å². The molecule has 0 saturated heterocycles. The van der Waals surface area contributed by atoms with E-state index in [4.69, 9.17) is 0 Å². The van der Waals surface area contributed by atoms with Crippen molar-refractivity contribution in [3.05, 3.63) is 143 Å². The van der Waals surface area contributed by atoms with Crippen LogP contribution in [0.4, 0.5) is 11.4 Å². The highest BCUT2D eigenvalue weighted by Gasteiger charge is 2.46. The highest BCUT2D eigenvalue weighted by atomic mass is 32.2. The summed E-state index contributed by atoms with van der Waals surface area (Å²) < 4.78 is 71.6. The largest absolute Gasteiger partial charge is 0.349 e. The van der Waals surface area contributed by atoms with Crippen LogP contribution in [-0.2, 0) is 47.1 Å². The van der Waals surface area contributed by atoms with Crippen LogP contribution in [0.3, 0.4) is 0 Å². The monoisotopic (exact) mass is 986 g/mol. The Morgan fingerprint density at radius 1 is 0.743 bits per heavy atom. The highest BCUT2D eigenvalue weighted by Crippen LogP contribution is 2.51. The van der Waals surface area contributed by atoms with E-state index in [9.17, 15) is 35.5 Å². The van der Waals surface area contributed by atoms with Crippen molar-refractivity contribution < 1.29 is 40.1 Å². The zero-order chi connectivity index (χ0) is 50.8. The van der Waals surface area contributed by atoms with Crippen LogP contribution in [0.5, 0.6) is 0 Å². The number of hydrogen-bond acceptors (Lipinski definition) is 7. The summed E-state index contributed by atoms with van der Waals surface area (Å²) in [5, 5.41) is 5.71. The standard InChI is InChI=1S/C57H67N3O8S2/c1-9-59-47-33-31-44-45(19-18-20-50(44)70(66,67)68)54(47)56(5,6)51(59)21-14-13-15-22-52-57(7,8)55-46-36-43(69(63,64)65)30-28-42(46)29-32-48(55)60(52)34-17-12-10-11-16-23-53(62)58-37-49(61)39(4)41-26-24-40(25-27-41)35-38(2)3/h13-15,18-22,24-33,36,38-39H,9-12,16-17,23,34-35,37H2,1-8H3,(H2-,58,62,63,64,65,66,67,68)/p+1. The fourth-order valence-electron chi connectivity index (χ4n) is 10.6. The van der Waals surface area contributed by atoms with Crippen LogP contribution in [0.1, 0.15) is 122 Å². The first kappa shape index (κ1) is 52.1. The number of nitrogens with one attached hydrogen (secondary N) is 1. The van der Waals surface area contributed by atoms with Gasteiger partial charge >= 0.3 is 0 Å². The average Bonchev–Trinajstić information content (AvgIpc) is 3.67. The molecule has 0 radical (unpaired) electrons. The molecule has 1 atom stereocenters. The molecule has 0 saturated carbocycles. The Morgan fingerprint density at radius 3 is 2.13 bits per heavy atom. The predicted molar refractivity (Wildman–Crippen MR) is 282 cm³/mol. The molecule has 1 amide bonds. The molecule has 0 spiro atoms. The maximum Gasteiger partial charge on any atom is 0.295 e. The topological polar surface area (TPSA) is 161 Å². The molecule has 2 aliphatic heterocycles. The second-order valence-electron chi connectivity index (χ2n) is 20.3. The number of hydrogen-bond donors (Lipinski definition) is 3. The van der Waals surface area contributed by atoms with E-state index in [2.05, 4.69) is 93.6 Å². The van der Waals surface area contributed by atoms with E-state index in [1.807, 2.05) is 55.5 Å². The number of Topliss-reactive ketones (excluding diaryl/α,β-unsaturated/α-hetero) is 1. The van der Waals surface area contributed by atoms with Crippen LogP contribution in [0.25, 0.3) is 21.5 Å². The fraction of sp³-hybridized carbons (Fsp3) is 0.386. The van der Waals surface area contributed by atoms with E-state index in [1.165, 1.54) is 17.7 Å². The summed E-state index contributed by atoms with van der Waals surface area (Å²) in [4.78, 5) is 27.6. The van der Waals surface area contributed by atoms with Crippen molar-refractivity contribution in [2.24, 2.45) is 5.92 Å². The minimum atomic E-state index is -4.44. The lowest BCUT2D eigenvalue weighted by Gasteiger charge is -2.26. The summed E-state index contributed by atoms with van der Waals surface area (Å²) in [6.45, 7) is 18.3. The van der Waals surface area contributed by atoms with Gasteiger partial charge in [-0.3, -0.25) is 18.7 Å². The van der Waals surface area contributed by atoms with Gasteiger partial charge in [-0.1, -0.05) is 114 Å². The smallest absolute Gasteiger partial charge is 0.295 e. The van der Waals surface area contributed by atoms with Gasteiger partial charge in [0.1, 0.15) is 11.4 Å². The lowest BCUT2D eigenvalue weighted by Crippen LogP contribution is -2.31. The van der Waals surface area contributed by atoms with Crippen LogP contribution >= 0.6 is 0 Å². The number of allylic oxidation sites excluding steroid dienone is 6. The zero-order valence-electron chi connectivity index (χ0n) is 41.8. The number of unbranched alkanes of at least 4 members (excludes halogenated alkanes) is 4. The Labute approximate surface area is 414 Å². The van der Waals surface area contributed by atoms with Crippen LogP contribution in [0, 0.1) is 5.92 Å². The molecule has 2 aliphatic rings. The van der Waals surface area contributed by atoms with E-state index in [0.717, 1.165) is 94.2 Å². The van der Waals surface area contributed by atoms with Crippen LogP contribution in [0.2, 0.25) is 0 Å². The third-order valence-electron chi connectivity index (χ3n) is 14.1. The molecule has 0 aromatic heterocycles. The third kappa shape index (κ3) is 10.9. The van der Waals surface area contributed by atoms with Crippen molar-refractivity contribution in [1.29, 1.82) is 0 Å². The van der Waals surface area contributed by atoms with Crippen molar-refractivity contribution in [3.8, 4) is 0 Å². The maximum atomic E-state index is 12.9. The first-order valence-electron chi connectivity index (χ1n) is 24.5. The molecular weight excluding hydrogens is 919 g/mol. The number of ketones is 1. The summed E-state index contributed by atoms with van der Waals surface area (Å²) in [6, 6.07) is 25.7. The normalized spacial score (nSPS) is 16.6. The molecule has 70 heavy (non-hydrogen) atoms. The summed E-state index contributed by atoms with van der Waals surface area (Å²) >= 11 is 0. The zero-order valence-corrected chi connectivity index (χ0v) is 43.4. The van der Waals surface area contributed by atoms with E-state index in [1.54, 1.807) is 24.3 Å². The Bertz CT molecular complexity index is 3180. The lowest BCUT2D eigenvalue weighted by atomic mass is 9.79. The van der Waals surface area contributed by atoms with Crippen molar-refractivity contribution in [2.45, 2.75) is 127 Å². The third-order valence-corrected chi connectivity index (χ3v) is 15.9. The predicted octanol–water partition coefficient (Wildman–Crippen LogP) is 11.7. The first-order chi connectivity index (χ1) is 33.0. The number of carbonyl (C=O) groups excluding carboxylic acids is 2. The van der Waals surface area contributed by atoms with Crippen LogP contribution in [-0.4, -0.2) is 67.6 Å². The number of fused-ring (bicyclic) bond motifs is 6. The molecule has 13 heteroatoms. The Kier molecular flexibility index (Phi) is 15.6. The molecule has 0 fully saturated rings. The summed E-state index contributed by atoms with van der Waals surface area (Å²) in [5.41, 5.74) is 7.19. The molecular formula is C57H68N3O8S2+. The van der Waals surface area contributed by atoms with Gasteiger partial charge in [-0.05, 0) is 115 Å². The molecule has 11 nitrogen and oxygen atoms in total. The fourth-order valence-corrected chi connectivity index (χ4v) is 11.8. The number of benzene rings is 5. The quantitative estimate of drug-likeness (QED) is 0.0298. The van der Waals surface area contributed by atoms with Gasteiger partial charge in [-0.25, -0.2) is 0 Å².